The summed E-state index contributed by atoms with van der Waals surface area (Å²) >= 11 is 0. The van der Waals surface area contributed by atoms with E-state index in [1.807, 2.05) is 48.5 Å². The molecule has 12 nitrogen and oxygen atoms in total. The fraction of sp³-hybridized carbons (Fsp3) is 0.526. The number of rotatable bonds is 11. The van der Waals surface area contributed by atoms with Gasteiger partial charge in [-0.05, 0) is 131 Å². The lowest BCUT2D eigenvalue weighted by atomic mass is 9.88. The average molecular weight is 684 g/mol. The van der Waals surface area contributed by atoms with Gasteiger partial charge in [0, 0.05) is 44.1 Å². The summed E-state index contributed by atoms with van der Waals surface area (Å²) < 4.78 is 0. The Morgan fingerprint density at radius 2 is 1.36 bits per heavy atom. The SMILES string of the molecule is CO/N=C(\CC1CCN(C(=O)C2CCN(Cc3ccnc(N)c3)CC2)CC1)c1ccccn1.CO/N=C(\CC1CCNCC1)c1ccccn1. The van der Waals surface area contributed by atoms with Crippen LogP contribution in [0.2, 0.25) is 0 Å². The van der Waals surface area contributed by atoms with Crippen LogP contribution in [0, 0.1) is 17.8 Å². The summed E-state index contributed by atoms with van der Waals surface area (Å²) in [5.74, 6) is 2.20. The van der Waals surface area contributed by atoms with E-state index in [1.165, 1.54) is 18.4 Å². The topological polar surface area (TPSA) is 143 Å². The maximum Gasteiger partial charge on any atom is 0.225 e. The third kappa shape index (κ3) is 11.3. The fourth-order valence-electron chi connectivity index (χ4n) is 7.10. The number of amides is 1. The van der Waals surface area contributed by atoms with Crippen LogP contribution in [0.25, 0.3) is 0 Å². The van der Waals surface area contributed by atoms with E-state index < -0.39 is 0 Å². The van der Waals surface area contributed by atoms with E-state index in [9.17, 15) is 4.79 Å². The molecule has 3 aromatic heterocycles. The number of piperidine rings is 3. The van der Waals surface area contributed by atoms with Gasteiger partial charge in [0.1, 0.15) is 31.5 Å². The van der Waals surface area contributed by atoms with Crippen molar-refractivity contribution < 1.29 is 14.5 Å². The van der Waals surface area contributed by atoms with Gasteiger partial charge < -0.3 is 25.6 Å². The third-order valence-electron chi connectivity index (χ3n) is 9.86. The zero-order valence-electron chi connectivity index (χ0n) is 29.6. The smallest absolute Gasteiger partial charge is 0.225 e. The van der Waals surface area contributed by atoms with E-state index in [-0.39, 0.29) is 5.92 Å². The summed E-state index contributed by atoms with van der Waals surface area (Å²) in [6.45, 7) is 6.60. The maximum absolute atomic E-state index is 13.1. The lowest BCUT2D eigenvalue weighted by molar-refractivity contribution is -0.138. The number of oxime groups is 2. The van der Waals surface area contributed by atoms with Crippen LogP contribution >= 0.6 is 0 Å². The molecule has 268 valence electrons. The third-order valence-corrected chi connectivity index (χ3v) is 9.86. The fourth-order valence-corrected chi connectivity index (χ4v) is 7.10. The summed E-state index contributed by atoms with van der Waals surface area (Å²) in [5.41, 5.74) is 10.6. The normalized spacial score (nSPS) is 18.6. The summed E-state index contributed by atoms with van der Waals surface area (Å²) in [6, 6.07) is 15.6. The van der Waals surface area contributed by atoms with Crippen LogP contribution < -0.4 is 11.1 Å². The molecule has 3 fully saturated rings. The van der Waals surface area contributed by atoms with Gasteiger partial charge in [-0.15, -0.1) is 0 Å². The lowest BCUT2D eigenvalue weighted by Crippen LogP contribution is -2.45. The first-order valence-electron chi connectivity index (χ1n) is 18.0. The summed E-state index contributed by atoms with van der Waals surface area (Å²) in [4.78, 5) is 40.4. The molecule has 0 radical (unpaired) electrons. The number of hydrogen-bond donors (Lipinski definition) is 2. The van der Waals surface area contributed by atoms with E-state index in [2.05, 4.69) is 40.4 Å². The van der Waals surface area contributed by atoms with Gasteiger partial charge >= 0.3 is 0 Å². The molecule has 0 saturated carbocycles. The molecular weight excluding hydrogens is 630 g/mol. The van der Waals surface area contributed by atoms with E-state index in [0.717, 1.165) is 107 Å². The standard InChI is InChI=1S/C25H34N6O2.C13H19N3O/c1-33-29-23(22-4-2-3-10-27-22)16-19-6-14-31(15-7-19)25(32)21-8-12-30(13-9-21)18-20-5-11-28-24(26)17-20;1-17-16-13(12-4-2-3-7-15-12)10-11-5-8-14-9-6-11/h2-5,10-11,17,19,21H,6-9,12-16,18H2,1H3,(H2,26,28);2-4,7,11,14H,5-6,8-10H2,1H3/b29-23+;16-13+. The molecule has 0 aliphatic carbocycles. The molecule has 6 rings (SSSR count). The number of likely N-dealkylation sites (tertiary alicyclic amines) is 2. The number of nitrogens with two attached hydrogens (primary N) is 1. The van der Waals surface area contributed by atoms with Gasteiger partial charge in [-0.1, -0.05) is 22.4 Å². The van der Waals surface area contributed by atoms with Crippen LogP contribution in [0.5, 0.6) is 0 Å². The predicted octanol–water partition coefficient (Wildman–Crippen LogP) is 4.77. The van der Waals surface area contributed by atoms with Crippen LogP contribution in [-0.4, -0.2) is 95.6 Å². The van der Waals surface area contributed by atoms with E-state index >= 15 is 0 Å². The predicted molar refractivity (Wildman–Crippen MR) is 196 cm³/mol. The van der Waals surface area contributed by atoms with Crippen LogP contribution in [0.3, 0.4) is 0 Å². The average Bonchev–Trinajstić information content (AvgIpc) is 3.16. The largest absolute Gasteiger partial charge is 0.399 e. The minimum Gasteiger partial charge on any atom is -0.399 e. The molecule has 3 aliphatic rings. The Kier molecular flexibility index (Phi) is 14.5. The molecule has 12 heteroatoms. The number of nitrogen functional groups attached to an aromatic ring is 1. The van der Waals surface area contributed by atoms with Crippen molar-refractivity contribution >= 4 is 23.1 Å². The number of hydrogen-bond acceptors (Lipinski definition) is 11. The molecule has 3 saturated heterocycles. The number of anilines is 1. The highest BCUT2D eigenvalue weighted by atomic mass is 16.6. The maximum atomic E-state index is 13.1. The molecule has 0 unspecified atom stereocenters. The highest BCUT2D eigenvalue weighted by Crippen LogP contribution is 2.27. The van der Waals surface area contributed by atoms with Gasteiger partial charge in [0.05, 0.1) is 11.4 Å². The van der Waals surface area contributed by atoms with Crippen LogP contribution in [0.4, 0.5) is 5.82 Å². The molecule has 3 aromatic rings. The molecule has 1 amide bonds. The van der Waals surface area contributed by atoms with Crippen molar-refractivity contribution in [3.05, 3.63) is 84.1 Å². The Bertz CT molecular complexity index is 1500. The van der Waals surface area contributed by atoms with Crippen molar-refractivity contribution in [2.45, 2.75) is 57.9 Å². The Balaban J connectivity index is 0.000000240. The van der Waals surface area contributed by atoms with Gasteiger partial charge in [0.15, 0.2) is 0 Å². The van der Waals surface area contributed by atoms with E-state index in [0.29, 0.717) is 23.6 Å². The van der Waals surface area contributed by atoms with E-state index in [4.69, 9.17) is 15.4 Å². The molecule has 3 N–H and O–H groups in total. The van der Waals surface area contributed by atoms with Gasteiger partial charge in [0.2, 0.25) is 5.91 Å². The minimum absolute atomic E-state index is 0.138. The number of nitrogens with zero attached hydrogens (tertiary/aromatic N) is 7. The summed E-state index contributed by atoms with van der Waals surface area (Å²) in [6.07, 6.45) is 13.3. The molecule has 0 bridgehead atoms. The second-order valence-corrected chi connectivity index (χ2v) is 13.4. The van der Waals surface area contributed by atoms with Crippen molar-refractivity contribution in [3.63, 3.8) is 0 Å². The van der Waals surface area contributed by atoms with Crippen molar-refractivity contribution in [2.24, 2.45) is 28.1 Å². The molecule has 0 spiro atoms. The Morgan fingerprint density at radius 1 is 0.780 bits per heavy atom. The second-order valence-electron chi connectivity index (χ2n) is 13.4. The molecule has 0 atom stereocenters. The first-order chi connectivity index (χ1) is 24.5. The Labute approximate surface area is 296 Å². The second kappa shape index (κ2) is 19.7. The van der Waals surface area contributed by atoms with Gasteiger partial charge in [-0.2, -0.15) is 0 Å². The first-order valence-corrected chi connectivity index (χ1v) is 18.0. The van der Waals surface area contributed by atoms with Gasteiger partial charge in [0.25, 0.3) is 0 Å². The molecular formula is C38H53N9O3. The quantitative estimate of drug-likeness (QED) is 0.216. The van der Waals surface area contributed by atoms with Crippen LogP contribution in [0.1, 0.15) is 68.3 Å². The zero-order valence-corrected chi connectivity index (χ0v) is 29.6. The van der Waals surface area contributed by atoms with E-state index in [1.54, 1.807) is 32.8 Å². The lowest BCUT2D eigenvalue weighted by Gasteiger charge is -2.37. The molecule has 0 aromatic carbocycles. The summed E-state index contributed by atoms with van der Waals surface area (Å²) in [5, 5.41) is 11.7. The van der Waals surface area contributed by atoms with Crippen LogP contribution in [0.15, 0.2) is 77.4 Å². The van der Waals surface area contributed by atoms with Gasteiger partial charge in [-0.25, -0.2) is 4.98 Å². The number of nitrogens with one attached hydrogen (secondary N) is 1. The molecule has 50 heavy (non-hydrogen) atoms. The number of pyridine rings is 3. The Morgan fingerprint density at radius 3 is 1.88 bits per heavy atom. The first kappa shape index (κ1) is 36.9. The highest BCUT2D eigenvalue weighted by Gasteiger charge is 2.31. The van der Waals surface area contributed by atoms with Gasteiger partial charge in [-0.3, -0.25) is 19.7 Å². The zero-order chi connectivity index (χ0) is 35.0. The monoisotopic (exact) mass is 683 g/mol. The highest BCUT2D eigenvalue weighted by molar-refractivity contribution is 5.99. The number of aromatic nitrogens is 3. The summed E-state index contributed by atoms with van der Waals surface area (Å²) in [7, 11) is 3.16. The van der Waals surface area contributed by atoms with Crippen molar-refractivity contribution in [2.75, 3.05) is 59.2 Å². The van der Waals surface area contributed by atoms with Crippen molar-refractivity contribution in [1.82, 2.24) is 30.1 Å². The molecule has 6 heterocycles. The molecule has 3 aliphatic heterocycles. The Hall–Kier alpha value is -4.42. The van der Waals surface area contributed by atoms with Crippen LogP contribution in [-0.2, 0) is 21.0 Å². The minimum atomic E-state index is 0.138. The van der Waals surface area contributed by atoms with Crippen molar-refractivity contribution in [1.29, 1.82) is 0 Å². The number of carbonyl (C=O) groups is 1. The number of carbonyl (C=O) groups excluding carboxylic acids is 1. The van der Waals surface area contributed by atoms with Crippen molar-refractivity contribution in [3.8, 4) is 0 Å².